The average Bonchev–Trinajstić information content (AvgIpc) is 2.89. The zero-order chi connectivity index (χ0) is 20.2. The SMILES string of the molecule is CCC1C(=O)NCCN1C(=O)Cn1c(CN2CCCCCC2)nc2ccccc21. The quantitative estimate of drug-likeness (QED) is 0.839. The standard InChI is InChI=1S/C22H31N5O2/c1-2-18-22(29)23-11-14-26(18)21(28)16-27-19-10-6-5-9-17(19)24-20(27)15-25-12-7-3-4-8-13-25/h5-6,9-10,18H,2-4,7-8,11-16H2,1H3,(H,23,29). The molecule has 7 heteroatoms. The van der Waals surface area contributed by atoms with Crippen molar-refractivity contribution in [1.82, 2.24) is 24.7 Å². The largest absolute Gasteiger partial charge is 0.353 e. The van der Waals surface area contributed by atoms with E-state index in [1.54, 1.807) is 4.90 Å². The van der Waals surface area contributed by atoms with Crippen molar-refractivity contribution in [3.63, 3.8) is 0 Å². The minimum Gasteiger partial charge on any atom is -0.353 e. The molecule has 0 radical (unpaired) electrons. The van der Waals surface area contributed by atoms with Crippen molar-refractivity contribution in [2.24, 2.45) is 0 Å². The molecular formula is C22H31N5O2. The van der Waals surface area contributed by atoms with Crippen LogP contribution in [-0.2, 0) is 22.7 Å². The maximum atomic E-state index is 13.2. The predicted octanol–water partition coefficient (Wildman–Crippen LogP) is 2.15. The van der Waals surface area contributed by atoms with Crippen LogP contribution in [0.25, 0.3) is 11.0 Å². The second-order valence-electron chi connectivity index (χ2n) is 8.10. The fraction of sp³-hybridized carbons (Fsp3) is 0.591. The van der Waals surface area contributed by atoms with Gasteiger partial charge < -0.3 is 14.8 Å². The van der Waals surface area contributed by atoms with Crippen LogP contribution in [0.3, 0.4) is 0 Å². The molecule has 0 saturated carbocycles. The Morgan fingerprint density at radius 3 is 2.66 bits per heavy atom. The van der Waals surface area contributed by atoms with E-state index >= 15 is 0 Å². The van der Waals surface area contributed by atoms with Crippen LogP contribution in [0.15, 0.2) is 24.3 Å². The molecule has 2 amide bonds. The maximum absolute atomic E-state index is 13.2. The molecule has 1 atom stereocenters. The molecule has 1 unspecified atom stereocenters. The van der Waals surface area contributed by atoms with E-state index in [1.807, 2.05) is 31.2 Å². The van der Waals surface area contributed by atoms with Gasteiger partial charge in [-0.2, -0.15) is 0 Å². The molecule has 1 N–H and O–H groups in total. The van der Waals surface area contributed by atoms with Crippen LogP contribution in [-0.4, -0.2) is 63.4 Å². The van der Waals surface area contributed by atoms with Crippen LogP contribution >= 0.6 is 0 Å². The Morgan fingerprint density at radius 2 is 1.90 bits per heavy atom. The van der Waals surface area contributed by atoms with E-state index in [2.05, 4.69) is 14.8 Å². The molecule has 3 heterocycles. The van der Waals surface area contributed by atoms with Crippen molar-refractivity contribution in [1.29, 1.82) is 0 Å². The van der Waals surface area contributed by atoms with E-state index in [4.69, 9.17) is 4.98 Å². The first-order valence-electron chi connectivity index (χ1n) is 10.9. The first kappa shape index (κ1) is 19.9. The Labute approximate surface area is 172 Å². The first-order valence-corrected chi connectivity index (χ1v) is 10.9. The number of nitrogens with one attached hydrogen (secondary N) is 1. The third kappa shape index (κ3) is 4.29. The summed E-state index contributed by atoms with van der Waals surface area (Å²) >= 11 is 0. The van der Waals surface area contributed by atoms with Crippen LogP contribution in [0, 0.1) is 0 Å². The number of piperazine rings is 1. The number of hydrogen-bond acceptors (Lipinski definition) is 4. The number of para-hydroxylation sites is 2. The molecule has 29 heavy (non-hydrogen) atoms. The second kappa shape index (κ2) is 8.95. The Bertz CT molecular complexity index is 869. The summed E-state index contributed by atoms with van der Waals surface area (Å²) in [5.41, 5.74) is 1.91. The minimum atomic E-state index is -0.375. The number of rotatable bonds is 5. The Balaban J connectivity index is 1.59. The number of hydrogen-bond donors (Lipinski definition) is 1. The predicted molar refractivity (Wildman–Crippen MR) is 112 cm³/mol. The topological polar surface area (TPSA) is 70.5 Å². The van der Waals surface area contributed by atoms with E-state index in [0.29, 0.717) is 19.5 Å². The van der Waals surface area contributed by atoms with Gasteiger partial charge in [0.05, 0.1) is 17.6 Å². The summed E-state index contributed by atoms with van der Waals surface area (Å²) in [5.74, 6) is 0.885. The molecule has 1 aromatic heterocycles. The molecule has 2 aliphatic heterocycles. The summed E-state index contributed by atoms with van der Waals surface area (Å²) in [5, 5.41) is 2.87. The van der Waals surface area contributed by atoms with Gasteiger partial charge in [-0.15, -0.1) is 0 Å². The number of amides is 2. The number of likely N-dealkylation sites (tertiary alicyclic amines) is 1. The number of aromatic nitrogens is 2. The number of carbonyl (C=O) groups is 2. The molecule has 1 aromatic carbocycles. The summed E-state index contributed by atoms with van der Waals surface area (Å²) in [6.45, 7) is 6.20. The molecule has 0 spiro atoms. The van der Waals surface area contributed by atoms with Crippen molar-refractivity contribution in [3.05, 3.63) is 30.1 Å². The Hall–Kier alpha value is -2.41. The summed E-state index contributed by atoms with van der Waals surface area (Å²) in [6, 6.07) is 7.64. The number of benzene rings is 1. The van der Waals surface area contributed by atoms with E-state index in [9.17, 15) is 9.59 Å². The van der Waals surface area contributed by atoms with Crippen molar-refractivity contribution in [3.8, 4) is 0 Å². The van der Waals surface area contributed by atoms with Gasteiger partial charge in [-0.3, -0.25) is 14.5 Å². The van der Waals surface area contributed by atoms with Gasteiger partial charge in [0, 0.05) is 13.1 Å². The molecule has 2 aromatic rings. The highest BCUT2D eigenvalue weighted by Gasteiger charge is 2.32. The lowest BCUT2D eigenvalue weighted by atomic mass is 10.1. The highest BCUT2D eigenvalue weighted by Crippen LogP contribution is 2.20. The summed E-state index contributed by atoms with van der Waals surface area (Å²) in [4.78, 5) is 34.5. The molecular weight excluding hydrogens is 366 g/mol. The highest BCUT2D eigenvalue weighted by molar-refractivity contribution is 5.89. The molecule has 0 aliphatic carbocycles. The smallest absolute Gasteiger partial charge is 0.243 e. The Kier molecular flexibility index (Phi) is 6.13. The molecule has 0 bridgehead atoms. The molecule has 2 aliphatic rings. The fourth-order valence-electron chi connectivity index (χ4n) is 4.56. The van der Waals surface area contributed by atoms with Crippen molar-refractivity contribution >= 4 is 22.8 Å². The Morgan fingerprint density at radius 1 is 1.14 bits per heavy atom. The molecule has 2 saturated heterocycles. The van der Waals surface area contributed by atoms with E-state index < -0.39 is 0 Å². The van der Waals surface area contributed by atoms with E-state index in [-0.39, 0.29) is 24.4 Å². The highest BCUT2D eigenvalue weighted by atomic mass is 16.2. The zero-order valence-corrected chi connectivity index (χ0v) is 17.3. The van der Waals surface area contributed by atoms with Crippen LogP contribution < -0.4 is 5.32 Å². The molecule has 7 nitrogen and oxygen atoms in total. The van der Waals surface area contributed by atoms with Gasteiger partial charge in [-0.1, -0.05) is 31.9 Å². The lowest BCUT2D eigenvalue weighted by molar-refractivity contribution is -0.143. The normalized spacial score (nSPS) is 21.2. The van der Waals surface area contributed by atoms with Gasteiger partial charge in [0.1, 0.15) is 18.4 Å². The van der Waals surface area contributed by atoms with E-state index in [1.165, 1.54) is 25.7 Å². The number of nitrogens with zero attached hydrogens (tertiary/aromatic N) is 4. The molecule has 156 valence electrons. The van der Waals surface area contributed by atoms with Crippen LogP contribution in [0.1, 0.15) is 44.9 Å². The van der Waals surface area contributed by atoms with Crippen molar-refractivity contribution in [2.75, 3.05) is 26.2 Å². The summed E-state index contributed by atoms with van der Waals surface area (Å²) < 4.78 is 2.06. The summed E-state index contributed by atoms with van der Waals surface area (Å²) in [7, 11) is 0. The van der Waals surface area contributed by atoms with Gasteiger partial charge in [-0.05, 0) is 44.5 Å². The van der Waals surface area contributed by atoms with E-state index in [0.717, 1.165) is 36.5 Å². The van der Waals surface area contributed by atoms with Gasteiger partial charge in [0.2, 0.25) is 11.8 Å². The molecule has 2 fully saturated rings. The average molecular weight is 398 g/mol. The third-order valence-corrected chi connectivity index (χ3v) is 6.13. The van der Waals surface area contributed by atoms with Crippen molar-refractivity contribution < 1.29 is 9.59 Å². The zero-order valence-electron chi connectivity index (χ0n) is 17.3. The van der Waals surface area contributed by atoms with Crippen molar-refractivity contribution in [2.45, 2.75) is 58.2 Å². The number of imidazole rings is 1. The van der Waals surface area contributed by atoms with Gasteiger partial charge >= 0.3 is 0 Å². The maximum Gasteiger partial charge on any atom is 0.243 e. The number of carbonyl (C=O) groups excluding carboxylic acids is 2. The number of fused-ring (bicyclic) bond motifs is 1. The third-order valence-electron chi connectivity index (χ3n) is 6.13. The first-order chi connectivity index (χ1) is 14.2. The summed E-state index contributed by atoms with van der Waals surface area (Å²) in [6.07, 6.45) is 5.66. The lowest BCUT2D eigenvalue weighted by Gasteiger charge is -2.34. The monoisotopic (exact) mass is 397 g/mol. The van der Waals surface area contributed by atoms with Crippen LogP contribution in [0.4, 0.5) is 0 Å². The minimum absolute atomic E-state index is 0.00744. The van der Waals surface area contributed by atoms with Gasteiger partial charge in [-0.25, -0.2) is 4.98 Å². The fourth-order valence-corrected chi connectivity index (χ4v) is 4.56. The van der Waals surface area contributed by atoms with Gasteiger partial charge in [0.15, 0.2) is 0 Å². The van der Waals surface area contributed by atoms with Crippen LogP contribution in [0.5, 0.6) is 0 Å². The van der Waals surface area contributed by atoms with Crippen LogP contribution in [0.2, 0.25) is 0 Å². The van der Waals surface area contributed by atoms with Gasteiger partial charge in [0.25, 0.3) is 0 Å². The molecule has 4 rings (SSSR count). The lowest BCUT2D eigenvalue weighted by Crippen LogP contribution is -2.57. The second-order valence-corrected chi connectivity index (χ2v) is 8.10.